The average Bonchev–Trinajstić information content (AvgIpc) is 2.26. The number of unbranched alkanes of at least 4 members (excludes halogenated alkanes) is 1. The molecule has 0 aliphatic rings. The summed E-state index contributed by atoms with van der Waals surface area (Å²) in [6.07, 6.45) is 2.27. The summed E-state index contributed by atoms with van der Waals surface area (Å²) >= 11 is 0. The molecule has 0 saturated heterocycles. The molecule has 0 aliphatic carbocycles. The molecule has 0 saturated carbocycles. The Kier molecular flexibility index (Phi) is 9.52. The molecule has 1 N–H and O–H groups in total. The van der Waals surface area contributed by atoms with Gasteiger partial charge in [-0.05, 0) is 6.42 Å². The Balaban J connectivity index is 3.20. The van der Waals surface area contributed by atoms with Gasteiger partial charge in [0.25, 0.3) is 0 Å². The monoisotopic (exact) mass is 217 g/mol. The van der Waals surface area contributed by atoms with E-state index >= 15 is 0 Å². The number of carbonyl (C=O) groups is 1. The lowest BCUT2D eigenvalue weighted by molar-refractivity contribution is -0.144. The Labute approximate surface area is 92.3 Å². The number of methoxy groups -OCH3 is 1. The first-order chi connectivity index (χ1) is 7.22. The highest BCUT2D eigenvalue weighted by molar-refractivity contribution is 5.71. The molecular weight excluding hydrogens is 194 g/mol. The number of nitrogens with one attached hydrogen (secondary N) is 1. The van der Waals surface area contributed by atoms with Crippen molar-refractivity contribution in [2.24, 2.45) is 5.92 Å². The topological polar surface area (TPSA) is 47.6 Å². The van der Waals surface area contributed by atoms with Crippen molar-refractivity contribution in [2.45, 2.75) is 26.7 Å². The van der Waals surface area contributed by atoms with Gasteiger partial charge in [0.15, 0.2) is 0 Å². The molecule has 15 heavy (non-hydrogen) atoms. The number of ether oxygens (including phenoxy) is 2. The molecule has 0 radical (unpaired) electrons. The molecule has 0 fully saturated rings. The van der Waals surface area contributed by atoms with Crippen LogP contribution in [0.25, 0.3) is 0 Å². The van der Waals surface area contributed by atoms with E-state index < -0.39 is 0 Å². The van der Waals surface area contributed by atoms with Crippen LogP contribution in [-0.4, -0.2) is 39.4 Å². The zero-order chi connectivity index (χ0) is 11.5. The first-order valence-corrected chi connectivity index (χ1v) is 5.58. The summed E-state index contributed by atoms with van der Waals surface area (Å²) in [5.41, 5.74) is 0. The first-order valence-electron chi connectivity index (χ1n) is 5.58. The van der Waals surface area contributed by atoms with Crippen molar-refractivity contribution in [1.29, 1.82) is 0 Å². The molecule has 0 aromatic carbocycles. The minimum Gasteiger partial charge on any atom is -0.469 e. The van der Waals surface area contributed by atoms with Gasteiger partial charge >= 0.3 is 5.97 Å². The van der Waals surface area contributed by atoms with Gasteiger partial charge in [-0.2, -0.15) is 0 Å². The molecular formula is C11H23NO3. The van der Waals surface area contributed by atoms with Crippen molar-refractivity contribution in [3.8, 4) is 0 Å². The Hall–Kier alpha value is -0.610. The van der Waals surface area contributed by atoms with Crippen LogP contribution in [0.15, 0.2) is 0 Å². The SMILES string of the molecule is CCCCOCCNCC(C)C(=O)OC. The molecule has 0 aromatic rings. The van der Waals surface area contributed by atoms with Gasteiger partial charge in [-0.15, -0.1) is 0 Å². The van der Waals surface area contributed by atoms with Gasteiger partial charge in [0.2, 0.25) is 0 Å². The summed E-state index contributed by atoms with van der Waals surface area (Å²) in [5.74, 6) is -0.264. The van der Waals surface area contributed by atoms with Crippen LogP contribution in [0.5, 0.6) is 0 Å². The number of carbonyl (C=O) groups excluding carboxylic acids is 1. The van der Waals surface area contributed by atoms with Gasteiger partial charge in [-0.3, -0.25) is 4.79 Å². The van der Waals surface area contributed by atoms with E-state index in [0.717, 1.165) is 26.0 Å². The van der Waals surface area contributed by atoms with Crippen LogP contribution >= 0.6 is 0 Å². The lowest BCUT2D eigenvalue weighted by atomic mass is 10.2. The Morgan fingerprint density at radius 2 is 2.13 bits per heavy atom. The summed E-state index contributed by atoms with van der Waals surface area (Å²) < 4.78 is 9.98. The third-order valence-electron chi connectivity index (χ3n) is 2.12. The molecule has 1 unspecified atom stereocenters. The van der Waals surface area contributed by atoms with E-state index in [1.54, 1.807) is 0 Å². The maximum Gasteiger partial charge on any atom is 0.309 e. The van der Waals surface area contributed by atoms with Gasteiger partial charge in [0.1, 0.15) is 0 Å². The zero-order valence-corrected chi connectivity index (χ0v) is 10.0. The van der Waals surface area contributed by atoms with Crippen molar-refractivity contribution in [3.05, 3.63) is 0 Å². The molecule has 4 nitrogen and oxygen atoms in total. The first kappa shape index (κ1) is 14.4. The fourth-order valence-corrected chi connectivity index (χ4v) is 1.10. The highest BCUT2D eigenvalue weighted by Crippen LogP contribution is 1.94. The Morgan fingerprint density at radius 3 is 2.73 bits per heavy atom. The summed E-state index contributed by atoms with van der Waals surface area (Å²) in [7, 11) is 1.41. The second-order valence-electron chi connectivity index (χ2n) is 3.59. The maximum absolute atomic E-state index is 11.0. The van der Waals surface area contributed by atoms with Gasteiger partial charge in [-0.1, -0.05) is 20.3 Å². The second-order valence-corrected chi connectivity index (χ2v) is 3.59. The van der Waals surface area contributed by atoms with Crippen LogP contribution in [0.2, 0.25) is 0 Å². The summed E-state index contributed by atoms with van der Waals surface area (Å²) in [6, 6.07) is 0. The van der Waals surface area contributed by atoms with Crippen molar-refractivity contribution >= 4 is 5.97 Å². The van der Waals surface area contributed by atoms with E-state index in [0.29, 0.717) is 13.2 Å². The molecule has 90 valence electrons. The maximum atomic E-state index is 11.0. The van der Waals surface area contributed by atoms with Gasteiger partial charge in [-0.25, -0.2) is 0 Å². The Morgan fingerprint density at radius 1 is 1.40 bits per heavy atom. The molecule has 0 bridgehead atoms. The predicted octanol–water partition coefficient (Wildman–Crippen LogP) is 1.20. The number of hydrogen-bond donors (Lipinski definition) is 1. The molecule has 4 heteroatoms. The standard InChI is InChI=1S/C11H23NO3/c1-4-5-7-15-8-6-12-9-10(2)11(13)14-3/h10,12H,4-9H2,1-3H3. The summed E-state index contributed by atoms with van der Waals surface area (Å²) in [6.45, 7) is 6.93. The van der Waals surface area contributed by atoms with Crippen molar-refractivity contribution in [2.75, 3.05) is 33.4 Å². The van der Waals surface area contributed by atoms with Gasteiger partial charge in [0, 0.05) is 19.7 Å². The van der Waals surface area contributed by atoms with E-state index in [2.05, 4.69) is 17.0 Å². The fraction of sp³-hybridized carbons (Fsp3) is 0.909. The van der Waals surface area contributed by atoms with E-state index in [1.165, 1.54) is 7.11 Å². The summed E-state index contributed by atoms with van der Waals surface area (Å²) in [4.78, 5) is 11.0. The van der Waals surface area contributed by atoms with Crippen LogP contribution in [0.1, 0.15) is 26.7 Å². The summed E-state index contributed by atoms with van der Waals surface area (Å²) in [5, 5.41) is 3.15. The quantitative estimate of drug-likeness (QED) is 0.466. The molecule has 0 heterocycles. The molecule has 1 atom stereocenters. The van der Waals surface area contributed by atoms with Crippen LogP contribution in [0, 0.1) is 5.92 Å². The van der Waals surface area contributed by atoms with Crippen LogP contribution < -0.4 is 5.32 Å². The molecule has 0 aliphatic heterocycles. The molecule has 0 rings (SSSR count). The number of rotatable bonds is 9. The zero-order valence-electron chi connectivity index (χ0n) is 10.0. The van der Waals surface area contributed by atoms with Gasteiger partial charge < -0.3 is 14.8 Å². The predicted molar refractivity (Wildman–Crippen MR) is 59.8 cm³/mol. The molecule has 0 aromatic heterocycles. The van der Waals surface area contributed by atoms with E-state index in [1.807, 2.05) is 6.92 Å². The molecule has 0 amide bonds. The lowest BCUT2D eigenvalue weighted by Crippen LogP contribution is -2.29. The number of esters is 1. The van der Waals surface area contributed by atoms with Crippen LogP contribution in [0.4, 0.5) is 0 Å². The normalized spacial score (nSPS) is 12.5. The van der Waals surface area contributed by atoms with Crippen molar-refractivity contribution in [1.82, 2.24) is 5.32 Å². The average molecular weight is 217 g/mol. The largest absolute Gasteiger partial charge is 0.469 e. The fourth-order valence-electron chi connectivity index (χ4n) is 1.10. The van der Waals surface area contributed by atoms with E-state index in [4.69, 9.17) is 4.74 Å². The van der Waals surface area contributed by atoms with Gasteiger partial charge in [0.05, 0.1) is 19.6 Å². The number of hydrogen-bond acceptors (Lipinski definition) is 4. The lowest BCUT2D eigenvalue weighted by Gasteiger charge is -2.10. The second kappa shape index (κ2) is 9.93. The van der Waals surface area contributed by atoms with Crippen LogP contribution in [0.3, 0.4) is 0 Å². The molecule has 0 spiro atoms. The van der Waals surface area contributed by atoms with Crippen molar-refractivity contribution < 1.29 is 14.3 Å². The minimum atomic E-state index is -0.172. The minimum absolute atomic E-state index is 0.0920. The third-order valence-corrected chi connectivity index (χ3v) is 2.12. The third kappa shape index (κ3) is 8.39. The van der Waals surface area contributed by atoms with Crippen LogP contribution in [-0.2, 0) is 14.3 Å². The highest BCUT2D eigenvalue weighted by atomic mass is 16.5. The van der Waals surface area contributed by atoms with Crippen molar-refractivity contribution in [3.63, 3.8) is 0 Å². The highest BCUT2D eigenvalue weighted by Gasteiger charge is 2.11. The van der Waals surface area contributed by atoms with E-state index in [-0.39, 0.29) is 11.9 Å². The smallest absolute Gasteiger partial charge is 0.309 e. The Bertz CT molecular complexity index is 162. The van der Waals surface area contributed by atoms with E-state index in [9.17, 15) is 4.79 Å².